The Bertz CT molecular complexity index is 683. The molecule has 3 rings (SSSR count). The van der Waals surface area contributed by atoms with Crippen LogP contribution in [0.5, 0.6) is 5.75 Å². The zero-order valence-electron chi connectivity index (χ0n) is 14.0. The molecule has 2 amide bonds. The van der Waals surface area contributed by atoms with Crippen molar-refractivity contribution >= 4 is 6.03 Å². The van der Waals surface area contributed by atoms with Crippen molar-refractivity contribution in [1.29, 1.82) is 0 Å². The van der Waals surface area contributed by atoms with Gasteiger partial charge in [-0.15, -0.1) is 0 Å². The summed E-state index contributed by atoms with van der Waals surface area (Å²) in [7, 11) is 1.62. The van der Waals surface area contributed by atoms with Gasteiger partial charge < -0.3 is 19.5 Å². The van der Waals surface area contributed by atoms with E-state index in [0.717, 1.165) is 30.6 Å². The molecule has 0 aliphatic carbocycles. The van der Waals surface area contributed by atoms with Crippen LogP contribution in [0, 0.1) is 0 Å². The highest BCUT2D eigenvalue weighted by Crippen LogP contribution is 2.32. The highest BCUT2D eigenvalue weighted by molar-refractivity contribution is 5.74. The van der Waals surface area contributed by atoms with Crippen LogP contribution >= 0.6 is 0 Å². The predicted molar refractivity (Wildman–Crippen MR) is 88.7 cm³/mol. The van der Waals surface area contributed by atoms with Gasteiger partial charge >= 0.3 is 6.03 Å². The molecule has 1 aliphatic heterocycles. The summed E-state index contributed by atoms with van der Waals surface area (Å²) in [5.74, 6) is 1.79. The van der Waals surface area contributed by atoms with Crippen LogP contribution in [0.2, 0.25) is 0 Å². The number of amides is 2. The number of methoxy groups -OCH3 is 1. The Morgan fingerprint density at radius 2 is 2.21 bits per heavy atom. The molecular weight excluding hydrogens is 308 g/mol. The fourth-order valence-electron chi connectivity index (χ4n) is 2.83. The maximum Gasteiger partial charge on any atom is 0.318 e. The van der Waals surface area contributed by atoms with E-state index in [0.29, 0.717) is 24.8 Å². The number of likely N-dealkylation sites (tertiary alicyclic amines) is 1. The van der Waals surface area contributed by atoms with Crippen molar-refractivity contribution in [3.63, 3.8) is 0 Å². The molecule has 128 valence electrons. The van der Waals surface area contributed by atoms with Gasteiger partial charge in [0.25, 0.3) is 0 Å². The minimum Gasteiger partial charge on any atom is -0.497 e. The highest BCUT2D eigenvalue weighted by Gasteiger charge is 2.34. The van der Waals surface area contributed by atoms with Gasteiger partial charge in [0.1, 0.15) is 11.8 Å². The van der Waals surface area contributed by atoms with Crippen LogP contribution in [-0.2, 0) is 0 Å². The Morgan fingerprint density at radius 1 is 1.42 bits per heavy atom. The molecule has 1 saturated heterocycles. The fraction of sp³-hybridized carbons (Fsp3) is 0.471. The van der Waals surface area contributed by atoms with Gasteiger partial charge in [-0.2, -0.15) is 4.98 Å². The normalized spacial score (nSPS) is 17.1. The topological polar surface area (TPSA) is 80.5 Å². The van der Waals surface area contributed by atoms with Gasteiger partial charge in [0.15, 0.2) is 0 Å². The Hall–Kier alpha value is -2.57. The molecule has 0 unspecified atom stereocenters. The molecule has 1 N–H and O–H groups in total. The number of benzene rings is 1. The van der Waals surface area contributed by atoms with Crippen LogP contribution in [-0.4, -0.2) is 41.3 Å². The predicted octanol–water partition coefficient (Wildman–Crippen LogP) is 3.00. The maximum absolute atomic E-state index is 12.2. The number of ether oxygens (including phenoxy) is 1. The van der Waals surface area contributed by atoms with Crippen LogP contribution in [0.3, 0.4) is 0 Å². The molecule has 0 radical (unpaired) electrons. The van der Waals surface area contributed by atoms with E-state index in [1.165, 1.54) is 0 Å². The molecular formula is C17H22N4O3. The molecule has 24 heavy (non-hydrogen) atoms. The van der Waals surface area contributed by atoms with E-state index in [1.54, 1.807) is 12.0 Å². The van der Waals surface area contributed by atoms with Crippen molar-refractivity contribution in [2.45, 2.75) is 32.2 Å². The lowest BCUT2D eigenvalue weighted by molar-refractivity contribution is 0.180. The van der Waals surface area contributed by atoms with E-state index in [4.69, 9.17) is 9.26 Å². The second-order valence-electron chi connectivity index (χ2n) is 5.77. The lowest BCUT2D eigenvalue weighted by atomic mass is 10.2. The SMILES string of the molecule is CCCNC(=O)N1CCC[C@H]1c1nc(-c2ccc(OC)cc2)no1. The lowest BCUT2D eigenvalue weighted by Crippen LogP contribution is -2.39. The molecule has 1 aromatic heterocycles. The molecule has 2 aromatic rings. The molecule has 2 heterocycles. The molecule has 1 aliphatic rings. The summed E-state index contributed by atoms with van der Waals surface area (Å²) in [6.07, 6.45) is 2.68. The highest BCUT2D eigenvalue weighted by atomic mass is 16.5. The van der Waals surface area contributed by atoms with Crippen LogP contribution in [0.4, 0.5) is 4.79 Å². The van der Waals surface area contributed by atoms with Gasteiger partial charge in [-0.05, 0) is 43.5 Å². The Kier molecular flexibility index (Phi) is 4.98. The van der Waals surface area contributed by atoms with Gasteiger partial charge in [-0.25, -0.2) is 4.79 Å². The summed E-state index contributed by atoms with van der Waals surface area (Å²) in [5, 5.41) is 6.97. The van der Waals surface area contributed by atoms with E-state index in [9.17, 15) is 4.79 Å². The second-order valence-corrected chi connectivity index (χ2v) is 5.77. The lowest BCUT2D eigenvalue weighted by Gasteiger charge is -2.22. The number of urea groups is 1. The van der Waals surface area contributed by atoms with Gasteiger partial charge in [0.2, 0.25) is 11.7 Å². The monoisotopic (exact) mass is 330 g/mol. The summed E-state index contributed by atoms with van der Waals surface area (Å²) in [6, 6.07) is 7.25. The third kappa shape index (κ3) is 3.34. The van der Waals surface area contributed by atoms with Crippen LogP contribution < -0.4 is 10.1 Å². The third-order valence-electron chi connectivity index (χ3n) is 4.11. The maximum atomic E-state index is 12.2. The average Bonchev–Trinajstić information content (AvgIpc) is 3.28. The van der Waals surface area contributed by atoms with Gasteiger partial charge in [-0.3, -0.25) is 0 Å². The molecule has 1 aromatic carbocycles. The average molecular weight is 330 g/mol. The van der Waals surface area contributed by atoms with E-state index in [-0.39, 0.29) is 12.1 Å². The largest absolute Gasteiger partial charge is 0.497 e. The first-order valence-corrected chi connectivity index (χ1v) is 8.25. The van der Waals surface area contributed by atoms with Crippen molar-refractivity contribution in [3.05, 3.63) is 30.2 Å². The number of nitrogens with zero attached hydrogens (tertiary/aromatic N) is 3. The van der Waals surface area contributed by atoms with Crippen LogP contribution in [0.25, 0.3) is 11.4 Å². The fourth-order valence-corrected chi connectivity index (χ4v) is 2.83. The van der Waals surface area contributed by atoms with Gasteiger partial charge in [0.05, 0.1) is 7.11 Å². The summed E-state index contributed by atoms with van der Waals surface area (Å²) < 4.78 is 10.6. The number of nitrogens with one attached hydrogen (secondary N) is 1. The standard InChI is InChI=1S/C17H22N4O3/c1-3-10-18-17(22)21-11-4-5-14(21)16-19-15(20-24-16)12-6-8-13(23-2)9-7-12/h6-9,14H,3-5,10-11H2,1-2H3,(H,18,22)/t14-/m0/s1. The minimum atomic E-state index is -0.152. The number of aromatic nitrogens is 2. The second kappa shape index (κ2) is 7.33. The van der Waals surface area contributed by atoms with Crippen molar-refractivity contribution in [3.8, 4) is 17.1 Å². The summed E-state index contributed by atoms with van der Waals surface area (Å²) in [4.78, 5) is 18.5. The van der Waals surface area contributed by atoms with Crippen LogP contribution in [0.15, 0.2) is 28.8 Å². The van der Waals surface area contributed by atoms with Crippen molar-refractivity contribution in [2.75, 3.05) is 20.2 Å². The smallest absolute Gasteiger partial charge is 0.318 e. The molecule has 1 fully saturated rings. The van der Waals surface area contributed by atoms with E-state index in [1.807, 2.05) is 31.2 Å². The first-order chi connectivity index (χ1) is 11.7. The van der Waals surface area contributed by atoms with Crippen molar-refractivity contribution in [2.24, 2.45) is 0 Å². The third-order valence-corrected chi connectivity index (χ3v) is 4.11. The molecule has 7 nitrogen and oxygen atoms in total. The van der Waals surface area contributed by atoms with Gasteiger partial charge in [0, 0.05) is 18.7 Å². The number of hydrogen-bond acceptors (Lipinski definition) is 5. The summed E-state index contributed by atoms with van der Waals surface area (Å²) in [5.41, 5.74) is 0.853. The quantitative estimate of drug-likeness (QED) is 0.911. The van der Waals surface area contributed by atoms with Crippen molar-refractivity contribution < 1.29 is 14.1 Å². The number of carbonyl (C=O) groups is 1. The van der Waals surface area contributed by atoms with E-state index >= 15 is 0 Å². The van der Waals surface area contributed by atoms with E-state index in [2.05, 4.69) is 15.5 Å². The minimum absolute atomic E-state index is 0.0662. The van der Waals surface area contributed by atoms with Crippen LogP contribution in [0.1, 0.15) is 38.1 Å². The number of hydrogen-bond donors (Lipinski definition) is 1. The zero-order valence-corrected chi connectivity index (χ0v) is 14.0. The van der Waals surface area contributed by atoms with Crippen molar-refractivity contribution in [1.82, 2.24) is 20.4 Å². The number of rotatable bonds is 5. The van der Waals surface area contributed by atoms with E-state index < -0.39 is 0 Å². The molecule has 0 spiro atoms. The molecule has 7 heteroatoms. The first-order valence-electron chi connectivity index (χ1n) is 8.25. The number of carbonyl (C=O) groups excluding carboxylic acids is 1. The first kappa shape index (κ1) is 16.3. The zero-order chi connectivity index (χ0) is 16.9. The summed E-state index contributed by atoms with van der Waals surface area (Å²) in [6.45, 7) is 3.41. The van der Waals surface area contributed by atoms with Gasteiger partial charge in [-0.1, -0.05) is 12.1 Å². The molecule has 0 bridgehead atoms. The Morgan fingerprint density at radius 3 is 2.92 bits per heavy atom. The molecule has 1 atom stereocenters. The Labute approximate surface area is 141 Å². The summed E-state index contributed by atoms with van der Waals surface area (Å²) >= 11 is 0. The molecule has 0 saturated carbocycles. The Balaban J connectivity index is 1.75.